The number of aliphatic hydroxyl groups excluding tert-OH is 1. The van der Waals surface area contributed by atoms with Gasteiger partial charge in [-0.05, 0) is 40.2 Å². The third kappa shape index (κ3) is 15.2. The molecule has 0 aliphatic carbocycles. The Morgan fingerprint density at radius 3 is 2.29 bits per heavy atom. The minimum Gasteiger partial charge on any atom is -0.444 e. The van der Waals surface area contributed by atoms with Gasteiger partial charge >= 0.3 is 6.09 Å². The first-order chi connectivity index (χ1) is 7.85. The summed E-state index contributed by atoms with van der Waals surface area (Å²) in [6.45, 7) is 10.3. The molecule has 17 heavy (non-hydrogen) atoms. The van der Waals surface area contributed by atoms with E-state index in [-0.39, 0.29) is 0 Å². The molecular formula is C12H28N2O3. The first-order valence-corrected chi connectivity index (χ1v) is 6.20. The maximum atomic E-state index is 11.2. The number of rotatable bonds is 5. The minimum absolute atomic E-state index is 0.399. The van der Waals surface area contributed by atoms with Gasteiger partial charge < -0.3 is 20.9 Å². The lowest BCUT2D eigenvalue weighted by Gasteiger charge is -2.20. The lowest BCUT2D eigenvalue weighted by atomic mass is 10.2. The van der Waals surface area contributed by atoms with Crippen molar-refractivity contribution >= 4 is 6.09 Å². The SMILES string of the molecule is CC.CC(C)(C)OC(=O)NCCC(O)CCN. The zero-order valence-corrected chi connectivity index (χ0v) is 11.7. The number of aliphatic hydroxyl groups is 1. The van der Waals surface area contributed by atoms with Crippen LogP contribution in [-0.2, 0) is 4.74 Å². The summed E-state index contributed by atoms with van der Waals surface area (Å²) in [6.07, 6.45) is 0.138. The summed E-state index contributed by atoms with van der Waals surface area (Å²) in [6, 6.07) is 0. The molecular weight excluding hydrogens is 220 g/mol. The largest absolute Gasteiger partial charge is 0.444 e. The number of hydrogen-bond acceptors (Lipinski definition) is 4. The van der Waals surface area contributed by atoms with Crippen molar-refractivity contribution in [3.05, 3.63) is 0 Å². The van der Waals surface area contributed by atoms with Crippen LogP contribution in [0.2, 0.25) is 0 Å². The van der Waals surface area contributed by atoms with E-state index < -0.39 is 17.8 Å². The summed E-state index contributed by atoms with van der Waals surface area (Å²) in [5.41, 5.74) is 4.79. The minimum atomic E-state index is -0.486. The summed E-state index contributed by atoms with van der Waals surface area (Å²) < 4.78 is 5.02. The molecule has 0 aliphatic heterocycles. The molecule has 0 aromatic carbocycles. The molecule has 1 unspecified atom stereocenters. The maximum Gasteiger partial charge on any atom is 0.407 e. The Morgan fingerprint density at radius 2 is 1.88 bits per heavy atom. The molecule has 0 rings (SSSR count). The van der Waals surface area contributed by atoms with Crippen molar-refractivity contribution in [3.63, 3.8) is 0 Å². The van der Waals surface area contributed by atoms with Crippen molar-refractivity contribution in [2.75, 3.05) is 13.1 Å². The number of nitrogens with two attached hydrogens (primary N) is 1. The monoisotopic (exact) mass is 248 g/mol. The Bertz CT molecular complexity index is 191. The second-order valence-corrected chi connectivity index (χ2v) is 4.45. The number of alkyl carbamates (subject to hydrolysis) is 1. The van der Waals surface area contributed by atoms with Crippen LogP contribution in [0, 0.1) is 0 Å². The van der Waals surface area contributed by atoms with Crippen LogP contribution in [-0.4, -0.2) is 36.0 Å². The number of ether oxygens (including phenoxy) is 1. The maximum absolute atomic E-state index is 11.2. The zero-order valence-electron chi connectivity index (χ0n) is 11.7. The van der Waals surface area contributed by atoms with Crippen LogP contribution in [0.4, 0.5) is 4.79 Å². The van der Waals surface area contributed by atoms with E-state index in [1.165, 1.54) is 0 Å². The fourth-order valence-corrected chi connectivity index (χ4v) is 0.992. The molecule has 1 amide bonds. The Labute approximate surface area is 105 Å². The Kier molecular flexibility index (Phi) is 11.3. The second-order valence-electron chi connectivity index (χ2n) is 4.45. The van der Waals surface area contributed by atoms with E-state index in [4.69, 9.17) is 10.5 Å². The molecule has 4 N–H and O–H groups in total. The van der Waals surface area contributed by atoms with Crippen molar-refractivity contribution in [2.24, 2.45) is 5.73 Å². The van der Waals surface area contributed by atoms with Gasteiger partial charge in [0.15, 0.2) is 0 Å². The molecule has 0 aliphatic rings. The van der Waals surface area contributed by atoms with Crippen molar-refractivity contribution in [2.45, 2.75) is 59.2 Å². The van der Waals surface area contributed by atoms with Gasteiger partial charge in [0.1, 0.15) is 5.60 Å². The summed E-state index contributed by atoms with van der Waals surface area (Å²) >= 11 is 0. The van der Waals surface area contributed by atoms with Gasteiger partial charge in [-0.3, -0.25) is 0 Å². The Hall–Kier alpha value is -0.810. The number of carbonyl (C=O) groups excluding carboxylic acids is 1. The highest BCUT2D eigenvalue weighted by Crippen LogP contribution is 2.06. The molecule has 0 bridgehead atoms. The van der Waals surface area contributed by atoms with Crippen LogP contribution in [0.15, 0.2) is 0 Å². The van der Waals surface area contributed by atoms with Crippen LogP contribution >= 0.6 is 0 Å². The zero-order chi connectivity index (χ0) is 13.9. The van der Waals surface area contributed by atoms with Crippen molar-refractivity contribution in [3.8, 4) is 0 Å². The molecule has 0 spiro atoms. The van der Waals surface area contributed by atoms with Gasteiger partial charge in [-0.1, -0.05) is 13.8 Å². The van der Waals surface area contributed by atoms with Crippen molar-refractivity contribution in [1.29, 1.82) is 0 Å². The normalized spacial score (nSPS) is 12.2. The number of hydrogen-bond donors (Lipinski definition) is 3. The van der Waals surface area contributed by atoms with E-state index in [1.54, 1.807) is 20.8 Å². The highest BCUT2D eigenvalue weighted by molar-refractivity contribution is 5.67. The molecule has 0 heterocycles. The van der Waals surface area contributed by atoms with Crippen LogP contribution in [0.1, 0.15) is 47.5 Å². The predicted molar refractivity (Wildman–Crippen MR) is 69.9 cm³/mol. The molecule has 0 aromatic heterocycles. The number of nitrogens with one attached hydrogen (secondary N) is 1. The molecule has 104 valence electrons. The fraction of sp³-hybridized carbons (Fsp3) is 0.917. The topological polar surface area (TPSA) is 84.6 Å². The van der Waals surface area contributed by atoms with Gasteiger partial charge in [-0.15, -0.1) is 0 Å². The van der Waals surface area contributed by atoms with E-state index in [0.29, 0.717) is 25.9 Å². The van der Waals surface area contributed by atoms with Gasteiger partial charge in [0.2, 0.25) is 0 Å². The van der Waals surface area contributed by atoms with Crippen molar-refractivity contribution < 1.29 is 14.6 Å². The number of carbonyl (C=O) groups is 1. The molecule has 5 nitrogen and oxygen atoms in total. The predicted octanol–water partition coefficient (Wildman–Crippen LogP) is 1.64. The lowest BCUT2D eigenvalue weighted by Crippen LogP contribution is -2.34. The highest BCUT2D eigenvalue weighted by Gasteiger charge is 2.15. The smallest absolute Gasteiger partial charge is 0.407 e. The van der Waals surface area contributed by atoms with Crippen LogP contribution in [0.5, 0.6) is 0 Å². The number of amides is 1. The van der Waals surface area contributed by atoms with E-state index in [9.17, 15) is 9.90 Å². The van der Waals surface area contributed by atoms with Gasteiger partial charge in [-0.2, -0.15) is 0 Å². The van der Waals surface area contributed by atoms with Gasteiger partial charge in [0.25, 0.3) is 0 Å². The molecule has 5 heteroatoms. The standard InChI is InChI=1S/C10H22N2O3.C2H6/c1-10(2,3)15-9(14)12-7-5-8(13)4-6-11;1-2/h8,13H,4-7,11H2,1-3H3,(H,12,14);1-2H3. The summed E-state index contributed by atoms with van der Waals surface area (Å²) in [7, 11) is 0. The van der Waals surface area contributed by atoms with E-state index >= 15 is 0 Å². The van der Waals surface area contributed by atoms with Crippen LogP contribution in [0.25, 0.3) is 0 Å². The fourth-order valence-electron chi connectivity index (χ4n) is 0.992. The molecule has 0 saturated heterocycles. The average Bonchev–Trinajstić information content (AvgIpc) is 2.18. The molecule has 0 radical (unpaired) electrons. The molecule has 0 saturated carbocycles. The third-order valence-electron chi connectivity index (χ3n) is 1.65. The molecule has 0 fully saturated rings. The van der Waals surface area contributed by atoms with Gasteiger partial charge in [-0.25, -0.2) is 4.79 Å². The summed E-state index contributed by atoms with van der Waals surface area (Å²) in [4.78, 5) is 11.2. The van der Waals surface area contributed by atoms with E-state index in [1.807, 2.05) is 13.8 Å². The highest BCUT2D eigenvalue weighted by atomic mass is 16.6. The molecule has 0 aromatic rings. The molecule has 1 atom stereocenters. The Morgan fingerprint density at radius 1 is 1.35 bits per heavy atom. The quantitative estimate of drug-likeness (QED) is 0.690. The van der Waals surface area contributed by atoms with E-state index in [2.05, 4.69) is 5.32 Å². The third-order valence-corrected chi connectivity index (χ3v) is 1.65. The van der Waals surface area contributed by atoms with Gasteiger partial charge in [0.05, 0.1) is 6.10 Å². The van der Waals surface area contributed by atoms with Crippen LogP contribution in [0.3, 0.4) is 0 Å². The van der Waals surface area contributed by atoms with Gasteiger partial charge in [0, 0.05) is 6.54 Å². The summed E-state index contributed by atoms with van der Waals surface area (Å²) in [5, 5.41) is 11.9. The average molecular weight is 248 g/mol. The van der Waals surface area contributed by atoms with Crippen molar-refractivity contribution in [1.82, 2.24) is 5.32 Å². The van der Waals surface area contributed by atoms with E-state index in [0.717, 1.165) is 0 Å². The summed E-state index contributed by atoms with van der Waals surface area (Å²) in [5.74, 6) is 0. The second kappa shape index (κ2) is 10.4. The first kappa shape index (κ1) is 18.6. The first-order valence-electron chi connectivity index (χ1n) is 6.20. The van der Waals surface area contributed by atoms with Crippen LogP contribution < -0.4 is 11.1 Å². The Balaban J connectivity index is 0. The lowest BCUT2D eigenvalue weighted by molar-refractivity contribution is 0.0518.